The molecule has 1 aromatic carbocycles. The third-order valence-corrected chi connectivity index (χ3v) is 11.2. The van der Waals surface area contributed by atoms with E-state index in [1.807, 2.05) is 24.1 Å². The van der Waals surface area contributed by atoms with Gasteiger partial charge in [-0.15, -0.1) is 0 Å². The Bertz CT molecular complexity index is 1700. The van der Waals surface area contributed by atoms with Gasteiger partial charge < -0.3 is 0 Å². The number of carbonyl (C=O) groups excluding carboxylic acids is 2. The van der Waals surface area contributed by atoms with Crippen LogP contribution in [0.15, 0.2) is 57.9 Å². The van der Waals surface area contributed by atoms with Crippen molar-refractivity contribution in [3.63, 3.8) is 0 Å². The predicted molar refractivity (Wildman–Crippen MR) is 155 cm³/mol. The molecule has 0 bridgehead atoms. The summed E-state index contributed by atoms with van der Waals surface area (Å²) in [5.74, 6) is 0.319. The zero-order chi connectivity index (χ0) is 33.3. The summed E-state index contributed by atoms with van der Waals surface area (Å²) in [6, 6.07) is 7.65. The maximum atomic E-state index is 13.4. The third kappa shape index (κ3) is 7.92. The number of esters is 1. The normalized spacial score (nSPS) is 21.4. The van der Waals surface area contributed by atoms with Crippen molar-refractivity contribution >= 4 is 21.0 Å². The maximum absolute atomic E-state index is 13.4. The van der Waals surface area contributed by atoms with Crippen LogP contribution in [-0.4, -0.2) is 83.7 Å². The summed E-state index contributed by atoms with van der Waals surface area (Å²) in [6.45, 7) is 4.17. The molecule has 0 spiro atoms. The molecule has 0 radical (unpaired) electrons. The van der Waals surface area contributed by atoms with E-state index in [0.29, 0.717) is 67.7 Å². The molecule has 16 heteroatoms. The predicted octanol–water partition coefficient (Wildman–Crippen LogP) is 1.73. The molecule has 0 unspecified atom stereocenters. The zero-order valence-corrected chi connectivity index (χ0v) is 27.6. The van der Waals surface area contributed by atoms with Gasteiger partial charge in [0.15, 0.2) is 0 Å². The summed E-state index contributed by atoms with van der Waals surface area (Å²) in [7, 11) is 0. The number of nitrogens with zero attached hydrogens (tertiary/aromatic N) is 5. The quantitative estimate of drug-likeness (QED) is 0.0637. The first-order valence-electron chi connectivity index (χ1n) is 14.9. The molecule has 252 valence electrons. The van der Waals surface area contributed by atoms with Crippen molar-refractivity contribution in [2.24, 2.45) is 5.92 Å². The first-order valence-corrected chi connectivity index (χ1v) is 17.2. The van der Waals surface area contributed by atoms with Crippen molar-refractivity contribution in [1.29, 1.82) is 0 Å². The number of hydrogen-bond donors (Lipinski definition) is 1. The molecule has 3 aromatic heterocycles. The molecular formula is C31H32F4IN6O5-. The number of carbonyl (C=O) groups is 2. The topological polar surface area (TPSA) is 127 Å². The molecule has 1 amide bonds. The number of hydrogen-bond acceptors (Lipinski definition) is 10. The summed E-state index contributed by atoms with van der Waals surface area (Å²) < 4.78 is 68.6. The molecule has 3 atom stereocenters. The molecule has 2 aliphatic rings. The number of aromatic nitrogens is 3. The van der Waals surface area contributed by atoms with E-state index >= 15 is 0 Å². The summed E-state index contributed by atoms with van der Waals surface area (Å²) in [4.78, 5) is 42.3. The van der Waals surface area contributed by atoms with Gasteiger partial charge in [0.25, 0.3) is 0 Å². The summed E-state index contributed by atoms with van der Waals surface area (Å²) in [6.07, 6.45) is 0.375. The number of furan rings is 1. The number of oxazole rings is 1. The number of cyclic esters (lactones) is 1. The number of amides is 1. The average molecular weight is 772 g/mol. The molecule has 1 N–H and O–H groups in total. The van der Waals surface area contributed by atoms with Crippen molar-refractivity contribution in [1.82, 2.24) is 30.1 Å². The number of piperazine rings is 1. The standard InChI is InChI=1S/C31H32F4IN6O5/c1-30(2,28-38-13-24(47-28)18-3-5-21(32)6-4-18)42-8-7-41(25(15-42)36-29(44)39-16-31(33,34)35)14-23-10-19(27(43)46-23)9-22-11-20-12-37-17-40-26(20)45-22/h3-6,11-13,17,19,23,25H,7-10,14-16H2,1-2H3,(H,39,44)/q-1/t19-,23+,25+/m1/s1. The number of nitrogens with one attached hydrogen (secondary N) is 1. The van der Waals surface area contributed by atoms with Gasteiger partial charge in [0.1, 0.15) is 0 Å². The Labute approximate surface area is 277 Å². The summed E-state index contributed by atoms with van der Waals surface area (Å²) in [5.41, 5.74) is 0.358. The Balaban J connectivity index is 1.14. The van der Waals surface area contributed by atoms with Crippen LogP contribution in [-0.2, 0) is 21.5 Å². The van der Waals surface area contributed by atoms with Crippen molar-refractivity contribution in [3.05, 3.63) is 66.5 Å². The number of benzene rings is 1. The number of ether oxygens (including phenoxy) is 1. The molecule has 2 fully saturated rings. The number of fused-ring (bicyclic) bond motifs is 1. The van der Waals surface area contributed by atoms with E-state index in [2.05, 4.69) is 19.9 Å². The van der Waals surface area contributed by atoms with Gasteiger partial charge in [-0.25, -0.2) is 0 Å². The molecule has 6 rings (SSSR count). The number of rotatable bonds is 10. The molecule has 0 aliphatic carbocycles. The SMILES string of the molecule is CC(C)(c1ncc(-c2ccc(F)cc2)o1)N1CCN(C[C@@H]2C[C@@H](Cc3cc4cncnc4o3)C(=O)O2)[C@H]([I-]C(=O)NCC(F)(F)F)C1. The summed E-state index contributed by atoms with van der Waals surface area (Å²) >= 11 is -1.45. The minimum absolute atomic E-state index is 0.333. The van der Waals surface area contributed by atoms with Gasteiger partial charge in [0.2, 0.25) is 0 Å². The molecular weight excluding hydrogens is 739 g/mol. The third-order valence-electron chi connectivity index (χ3n) is 8.32. The van der Waals surface area contributed by atoms with Gasteiger partial charge in [0, 0.05) is 0 Å². The van der Waals surface area contributed by atoms with Gasteiger partial charge in [-0.1, -0.05) is 0 Å². The molecule has 4 aromatic rings. The van der Waals surface area contributed by atoms with E-state index in [4.69, 9.17) is 13.6 Å². The zero-order valence-electron chi connectivity index (χ0n) is 25.5. The Hall–Kier alpha value is -3.64. The first-order chi connectivity index (χ1) is 22.3. The van der Waals surface area contributed by atoms with Crippen molar-refractivity contribution in [2.75, 3.05) is 32.7 Å². The molecule has 0 saturated carbocycles. The monoisotopic (exact) mass is 771 g/mol. The van der Waals surface area contributed by atoms with Gasteiger partial charge in [-0.05, 0) is 0 Å². The number of alkyl halides is 4. The van der Waals surface area contributed by atoms with Gasteiger partial charge in [-0.2, -0.15) is 0 Å². The van der Waals surface area contributed by atoms with Crippen LogP contribution in [0.4, 0.5) is 22.4 Å². The molecule has 5 heterocycles. The first kappa shape index (κ1) is 33.3. The van der Waals surface area contributed by atoms with E-state index in [1.54, 1.807) is 30.6 Å². The fourth-order valence-corrected chi connectivity index (χ4v) is 8.44. The second-order valence-electron chi connectivity index (χ2n) is 12.0. The second kappa shape index (κ2) is 13.5. The Kier molecular flexibility index (Phi) is 9.53. The van der Waals surface area contributed by atoms with Crippen LogP contribution < -0.4 is 26.5 Å². The van der Waals surface area contributed by atoms with Crippen molar-refractivity contribution in [2.45, 2.75) is 48.6 Å². The van der Waals surface area contributed by atoms with Crippen molar-refractivity contribution < 1.29 is 61.9 Å². The molecule has 47 heavy (non-hydrogen) atoms. The minimum atomic E-state index is -4.52. The molecule has 11 nitrogen and oxygen atoms in total. The van der Waals surface area contributed by atoms with Crippen LogP contribution >= 0.6 is 0 Å². The average Bonchev–Trinajstić information content (AvgIpc) is 3.76. The fraction of sp³-hybridized carbons (Fsp3) is 0.452. The van der Waals surface area contributed by atoms with Crippen LogP contribution in [0.3, 0.4) is 0 Å². The van der Waals surface area contributed by atoms with Gasteiger partial charge in [0.05, 0.1) is 0 Å². The summed E-state index contributed by atoms with van der Waals surface area (Å²) in [5, 5.41) is 2.76. The van der Waals surface area contributed by atoms with Gasteiger partial charge in [-0.3, -0.25) is 0 Å². The van der Waals surface area contributed by atoms with E-state index in [0.717, 1.165) is 5.39 Å². The second-order valence-corrected chi connectivity index (χ2v) is 15.1. The van der Waals surface area contributed by atoms with E-state index in [-0.39, 0.29) is 15.8 Å². The van der Waals surface area contributed by atoms with Crippen LogP contribution in [0.5, 0.6) is 0 Å². The Morgan fingerprint density at radius 3 is 2.64 bits per heavy atom. The molecule has 2 aliphatic heterocycles. The van der Waals surface area contributed by atoms with Crippen LogP contribution in [0.1, 0.15) is 31.9 Å². The fourth-order valence-electron chi connectivity index (χ4n) is 5.80. The van der Waals surface area contributed by atoms with Crippen LogP contribution in [0.25, 0.3) is 22.4 Å². The van der Waals surface area contributed by atoms with Crippen LogP contribution in [0.2, 0.25) is 0 Å². The number of halogens is 5. The van der Waals surface area contributed by atoms with Crippen LogP contribution in [0, 0.1) is 11.7 Å². The molecule has 2 saturated heterocycles. The Morgan fingerprint density at radius 1 is 1.11 bits per heavy atom. The van der Waals surface area contributed by atoms with Crippen molar-refractivity contribution in [3.8, 4) is 11.3 Å². The van der Waals surface area contributed by atoms with E-state index in [9.17, 15) is 27.2 Å². The Morgan fingerprint density at radius 2 is 1.89 bits per heavy atom. The van der Waals surface area contributed by atoms with E-state index in [1.165, 1.54) is 18.5 Å². The van der Waals surface area contributed by atoms with Gasteiger partial charge >= 0.3 is 278 Å². The van der Waals surface area contributed by atoms with E-state index < -0.39 is 55.4 Å².